The second kappa shape index (κ2) is 9.63. The average molecular weight is 580 g/mol. The summed E-state index contributed by atoms with van der Waals surface area (Å²) < 4.78 is 39.9. The second-order valence-electron chi connectivity index (χ2n) is 13.2. The number of nitrogens with one attached hydrogen (secondary N) is 2. The molecule has 0 aromatic carbocycles. The first kappa shape index (κ1) is 29.2. The van der Waals surface area contributed by atoms with E-state index in [4.69, 9.17) is 11.5 Å². The van der Waals surface area contributed by atoms with Gasteiger partial charge in [0.2, 0.25) is 11.8 Å². The third-order valence-corrected chi connectivity index (χ3v) is 11.2. The van der Waals surface area contributed by atoms with Crippen LogP contribution in [0.4, 0.5) is 13.2 Å². The monoisotopic (exact) mass is 579 g/mol. The van der Waals surface area contributed by atoms with Gasteiger partial charge >= 0.3 is 12.1 Å². The van der Waals surface area contributed by atoms with E-state index in [9.17, 15) is 37.1 Å². The maximum Gasteiger partial charge on any atom is 0.471 e. The Labute approximate surface area is 235 Å². The van der Waals surface area contributed by atoms with Crippen LogP contribution >= 0.6 is 0 Å². The molecule has 5 fully saturated rings. The maximum absolute atomic E-state index is 14.1. The van der Waals surface area contributed by atoms with Gasteiger partial charge in [0, 0.05) is 30.3 Å². The Kier molecular flexibility index (Phi) is 6.86. The number of piperidine rings is 1. The molecule has 41 heavy (non-hydrogen) atoms. The fourth-order valence-electron chi connectivity index (χ4n) is 9.03. The van der Waals surface area contributed by atoms with Gasteiger partial charge in [0.25, 0.3) is 0 Å². The molecule has 2 saturated heterocycles. The zero-order valence-electron chi connectivity index (χ0n) is 23.1. The van der Waals surface area contributed by atoms with E-state index < -0.39 is 58.6 Å². The number of nitrogens with zero attached hydrogens (tertiary/aromatic N) is 1. The van der Waals surface area contributed by atoms with Gasteiger partial charge in [-0.05, 0) is 61.2 Å². The molecule has 2 aliphatic heterocycles. The van der Waals surface area contributed by atoms with E-state index in [0.717, 1.165) is 19.3 Å². The first-order chi connectivity index (χ1) is 19.1. The summed E-state index contributed by atoms with van der Waals surface area (Å²) in [4.78, 5) is 63.9. The predicted molar refractivity (Wildman–Crippen MR) is 138 cm³/mol. The van der Waals surface area contributed by atoms with Crippen molar-refractivity contribution in [3.63, 3.8) is 0 Å². The Bertz CT molecular complexity index is 1260. The van der Waals surface area contributed by atoms with Gasteiger partial charge < -0.3 is 27.0 Å². The number of amides is 3. The van der Waals surface area contributed by atoms with Crippen molar-refractivity contribution >= 4 is 29.6 Å². The highest BCUT2D eigenvalue weighted by molar-refractivity contribution is 5.95. The molecule has 5 rings (SSSR count). The number of primary amides is 1. The number of hydrogen-bond acceptors (Lipinski definition) is 7. The highest BCUT2D eigenvalue weighted by Crippen LogP contribution is 2.79. The molecule has 3 saturated carbocycles. The van der Waals surface area contributed by atoms with E-state index in [1.165, 1.54) is 4.90 Å². The van der Waals surface area contributed by atoms with E-state index in [1.807, 2.05) is 25.1 Å². The van der Waals surface area contributed by atoms with Crippen LogP contribution in [0.5, 0.6) is 0 Å². The number of likely N-dealkylation sites (tertiary alicyclic amines) is 1. The molecule has 0 aromatic heterocycles. The van der Waals surface area contributed by atoms with E-state index in [-0.39, 0.29) is 35.9 Å². The number of carbonyl (C=O) groups excluding carboxylic acids is 5. The number of carbonyl (C=O) groups is 3. The molecular weight excluding hydrogens is 543 g/mol. The van der Waals surface area contributed by atoms with Gasteiger partial charge in [0.05, 0.1) is 11.4 Å². The molecule has 0 bridgehead atoms. The number of allylic oxidation sites excluding steroid dienone is 2. The van der Waals surface area contributed by atoms with Crippen molar-refractivity contribution < 1.29 is 37.1 Å². The Hall–Kier alpha value is -3.30. The van der Waals surface area contributed by atoms with Crippen LogP contribution in [0.3, 0.4) is 0 Å². The standard InChI is InChI=1S/C28H36F3N5O5/c1-25(2)19-11-36(23(40)20(35-24(41)28(29,30)31)15-9-26(10-15)5-3-6-26)21(22(33)39)27(19,25)16(17(32)12-37)8-14-4-7-34-18(14)13-38/h14-16,19-21,34H,3-11,32H2,1-2H3,(H2,33,39)(H,35,41)/t14-,16-,19?,20?,21?,27?/m1/s1. The normalized spacial score (nSPS) is 33.7. The quantitative estimate of drug-likeness (QED) is 0.311. The topological polar surface area (TPSA) is 165 Å². The molecule has 5 aliphatic rings. The van der Waals surface area contributed by atoms with Crippen molar-refractivity contribution in [2.75, 3.05) is 13.1 Å². The zero-order valence-corrected chi connectivity index (χ0v) is 23.1. The lowest BCUT2D eigenvalue weighted by Gasteiger charge is -2.56. The molecule has 3 aliphatic carbocycles. The first-order valence-corrected chi connectivity index (χ1v) is 14.1. The molecule has 0 radical (unpaired) electrons. The first-order valence-electron chi connectivity index (χ1n) is 14.1. The van der Waals surface area contributed by atoms with Crippen LogP contribution in [0.25, 0.3) is 0 Å². The van der Waals surface area contributed by atoms with Crippen LogP contribution in [-0.4, -0.2) is 65.9 Å². The fourth-order valence-corrected chi connectivity index (χ4v) is 9.03. The number of halogens is 3. The maximum atomic E-state index is 14.1. The van der Waals surface area contributed by atoms with E-state index in [2.05, 4.69) is 5.32 Å². The summed E-state index contributed by atoms with van der Waals surface area (Å²) in [6, 6.07) is -2.77. The SMILES string of the molecule is CC1(C)C2CN(C(=O)C(NC(=O)C(F)(F)F)C3CC4(CCC4)C3)C(C(N)=O)C21[C@H](C[C@H]1CCNC1=C=O)C(N)=C=O. The minimum Gasteiger partial charge on any atom is -0.393 e. The molecule has 4 unspecified atom stereocenters. The highest BCUT2D eigenvalue weighted by atomic mass is 19.4. The third kappa shape index (κ3) is 4.27. The number of alkyl halides is 3. The minimum absolute atomic E-state index is 0.000959. The van der Waals surface area contributed by atoms with Crippen LogP contribution in [0.1, 0.15) is 58.8 Å². The van der Waals surface area contributed by atoms with Gasteiger partial charge in [0.15, 0.2) is 0 Å². The van der Waals surface area contributed by atoms with Gasteiger partial charge in [-0.15, -0.1) is 0 Å². The van der Waals surface area contributed by atoms with E-state index in [0.29, 0.717) is 31.5 Å². The van der Waals surface area contributed by atoms with Gasteiger partial charge in [-0.2, -0.15) is 13.2 Å². The van der Waals surface area contributed by atoms with Crippen LogP contribution in [0.2, 0.25) is 0 Å². The van der Waals surface area contributed by atoms with Crippen LogP contribution in [0, 0.1) is 39.9 Å². The van der Waals surface area contributed by atoms with Crippen LogP contribution < -0.4 is 22.1 Å². The molecule has 3 amide bonds. The lowest BCUT2D eigenvalue weighted by atomic mass is 9.50. The molecule has 224 valence electrons. The van der Waals surface area contributed by atoms with Crippen molar-refractivity contribution in [1.82, 2.24) is 15.5 Å². The Morgan fingerprint density at radius 1 is 1.17 bits per heavy atom. The van der Waals surface area contributed by atoms with Crippen LogP contribution in [0.15, 0.2) is 11.4 Å². The lowest BCUT2D eigenvalue weighted by Crippen LogP contribution is -2.63. The smallest absolute Gasteiger partial charge is 0.393 e. The Morgan fingerprint density at radius 2 is 1.83 bits per heavy atom. The molecule has 6 atom stereocenters. The number of fused-ring (bicyclic) bond motifs is 1. The summed E-state index contributed by atoms with van der Waals surface area (Å²) in [6.45, 7) is 4.26. The lowest BCUT2D eigenvalue weighted by molar-refractivity contribution is -0.177. The van der Waals surface area contributed by atoms with Gasteiger partial charge in [-0.1, -0.05) is 20.3 Å². The van der Waals surface area contributed by atoms with Crippen molar-refractivity contribution in [2.24, 2.45) is 51.4 Å². The molecule has 10 nitrogen and oxygen atoms in total. The summed E-state index contributed by atoms with van der Waals surface area (Å²) in [7, 11) is 0. The summed E-state index contributed by atoms with van der Waals surface area (Å²) in [5, 5.41) is 4.89. The molecule has 2 heterocycles. The zero-order chi connectivity index (χ0) is 30.1. The fraction of sp³-hybridized carbons (Fsp3) is 0.750. The van der Waals surface area contributed by atoms with Crippen molar-refractivity contribution in [3.05, 3.63) is 11.4 Å². The third-order valence-electron chi connectivity index (χ3n) is 11.2. The molecule has 1 spiro atoms. The number of hydrogen-bond donors (Lipinski definition) is 4. The highest BCUT2D eigenvalue weighted by Gasteiger charge is 2.83. The summed E-state index contributed by atoms with van der Waals surface area (Å²) >= 11 is 0. The van der Waals surface area contributed by atoms with Crippen molar-refractivity contribution in [2.45, 2.75) is 77.1 Å². The second-order valence-corrected chi connectivity index (χ2v) is 13.2. The van der Waals surface area contributed by atoms with E-state index >= 15 is 0 Å². The summed E-state index contributed by atoms with van der Waals surface area (Å²) in [5.41, 5.74) is 10.5. The van der Waals surface area contributed by atoms with Gasteiger partial charge in [-0.3, -0.25) is 14.4 Å². The Balaban J connectivity index is 1.49. The average Bonchev–Trinajstić information content (AvgIpc) is 3.24. The van der Waals surface area contributed by atoms with Crippen LogP contribution in [-0.2, 0) is 24.0 Å². The van der Waals surface area contributed by atoms with Gasteiger partial charge in [-0.25, -0.2) is 9.59 Å². The Morgan fingerprint density at radius 3 is 2.34 bits per heavy atom. The largest absolute Gasteiger partial charge is 0.471 e. The summed E-state index contributed by atoms with van der Waals surface area (Å²) in [6.07, 6.45) is -0.542. The molecular formula is C28H36F3N5O5. The molecule has 0 aromatic rings. The summed E-state index contributed by atoms with van der Waals surface area (Å²) in [5.74, 6) is -2.27. The number of rotatable bonds is 8. The van der Waals surface area contributed by atoms with E-state index in [1.54, 1.807) is 5.94 Å². The predicted octanol–water partition coefficient (Wildman–Crippen LogP) is 0.958. The van der Waals surface area contributed by atoms with Gasteiger partial charge in [0.1, 0.15) is 24.0 Å². The minimum atomic E-state index is -5.19. The molecule has 13 heteroatoms. The van der Waals surface area contributed by atoms with Crippen molar-refractivity contribution in [1.29, 1.82) is 0 Å². The molecule has 6 N–H and O–H groups in total. The van der Waals surface area contributed by atoms with Crippen molar-refractivity contribution in [3.8, 4) is 0 Å². The number of nitrogens with two attached hydrogens (primary N) is 2.